The second kappa shape index (κ2) is 6.16. The quantitative estimate of drug-likeness (QED) is 0.797. The minimum absolute atomic E-state index is 0.220. The SMILES string of the molecule is Cc1ccc(Br)c(C(N)Cc2cc(Br)ccc2F)c1. The average Bonchev–Trinajstić information content (AvgIpc) is 2.36. The highest BCUT2D eigenvalue weighted by Crippen LogP contribution is 2.27. The van der Waals surface area contributed by atoms with Crippen LogP contribution in [0.4, 0.5) is 4.39 Å². The lowest BCUT2D eigenvalue weighted by atomic mass is 9.98. The van der Waals surface area contributed by atoms with Crippen LogP contribution in [0.2, 0.25) is 0 Å². The van der Waals surface area contributed by atoms with E-state index in [1.54, 1.807) is 12.1 Å². The van der Waals surface area contributed by atoms with E-state index in [0.29, 0.717) is 12.0 Å². The normalized spacial score (nSPS) is 12.5. The molecule has 0 saturated heterocycles. The first-order valence-electron chi connectivity index (χ1n) is 5.93. The van der Waals surface area contributed by atoms with E-state index < -0.39 is 0 Å². The molecule has 0 bridgehead atoms. The second-order valence-corrected chi connectivity index (χ2v) is 6.34. The van der Waals surface area contributed by atoms with Crippen LogP contribution in [0.1, 0.15) is 22.7 Å². The van der Waals surface area contributed by atoms with E-state index in [1.807, 2.05) is 25.1 Å². The maximum absolute atomic E-state index is 13.7. The van der Waals surface area contributed by atoms with Gasteiger partial charge in [0.05, 0.1) is 0 Å². The van der Waals surface area contributed by atoms with Crippen molar-refractivity contribution in [2.75, 3.05) is 0 Å². The molecule has 19 heavy (non-hydrogen) atoms. The minimum Gasteiger partial charge on any atom is -0.324 e. The monoisotopic (exact) mass is 385 g/mol. The highest BCUT2D eigenvalue weighted by atomic mass is 79.9. The van der Waals surface area contributed by atoms with Crippen LogP contribution >= 0.6 is 31.9 Å². The third-order valence-electron chi connectivity index (χ3n) is 3.00. The first kappa shape index (κ1) is 14.7. The number of nitrogens with two attached hydrogens (primary N) is 1. The van der Waals surface area contributed by atoms with Crippen molar-refractivity contribution in [1.82, 2.24) is 0 Å². The molecule has 1 atom stereocenters. The number of rotatable bonds is 3. The molecule has 4 heteroatoms. The van der Waals surface area contributed by atoms with Crippen LogP contribution in [0.5, 0.6) is 0 Å². The summed E-state index contributed by atoms with van der Waals surface area (Å²) < 4.78 is 15.6. The molecule has 0 aliphatic rings. The lowest BCUT2D eigenvalue weighted by Crippen LogP contribution is -2.15. The van der Waals surface area contributed by atoms with Gasteiger partial charge in [0, 0.05) is 15.0 Å². The lowest BCUT2D eigenvalue weighted by Gasteiger charge is -2.15. The summed E-state index contributed by atoms with van der Waals surface area (Å²) in [4.78, 5) is 0. The van der Waals surface area contributed by atoms with Gasteiger partial charge < -0.3 is 5.73 Å². The summed E-state index contributed by atoms with van der Waals surface area (Å²) in [5, 5.41) is 0. The minimum atomic E-state index is -0.238. The Morgan fingerprint density at radius 3 is 2.63 bits per heavy atom. The maximum Gasteiger partial charge on any atom is 0.126 e. The summed E-state index contributed by atoms with van der Waals surface area (Å²) >= 11 is 6.85. The van der Waals surface area contributed by atoms with Gasteiger partial charge in [0.25, 0.3) is 0 Å². The Kier molecular flexibility index (Phi) is 4.76. The van der Waals surface area contributed by atoms with Crippen molar-refractivity contribution in [2.24, 2.45) is 5.73 Å². The molecule has 100 valence electrons. The van der Waals surface area contributed by atoms with E-state index in [9.17, 15) is 4.39 Å². The van der Waals surface area contributed by atoms with Crippen LogP contribution in [0.25, 0.3) is 0 Å². The third-order valence-corrected chi connectivity index (χ3v) is 4.21. The van der Waals surface area contributed by atoms with Crippen LogP contribution < -0.4 is 5.73 Å². The molecule has 0 heterocycles. The van der Waals surface area contributed by atoms with Crippen molar-refractivity contribution < 1.29 is 4.39 Å². The number of benzene rings is 2. The Morgan fingerprint density at radius 2 is 1.89 bits per heavy atom. The van der Waals surface area contributed by atoms with Gasteiger partial charge in [-0.25, -0.2) is 4.39 Å². The average molecular weight is 387 g/mol. The van der Waals surface area contributed by atoms with Gasteiger partial charge in [-0.05, 0) is 48.7 Å². The van der Waals surface area contributed by atoms with Crippen LogP contribution in [0, 0.1) is 12.7 Å². The highest BCUT2D eigenvalue weighted by molar-refractivity contribution is 9.10. The summed E-state index contributed by atoms with van der Waals surface area (Å²) in [7, 11) is 0. The Labute approximate surface area is 129 Å². The number of hydrogen-bond donors (Lipinski definition) is 1. The third kappa shape index (κ3) is 3.65. The van der Waals surface area contributed by atoms with Gasteiger partial charge in [0.15, 0.2) is 0 Å². The smallest absolute Gasteiger partial charge is 0.126 e. The van der Waals surface area contributed by atoms with Gasteiger partial charge in [-0.3, -0.25) is 0 Å². The number of aryl methyl sites for hydroxylation is 1. The zero-order chi connectivity index (χ0) is 14.0. The van der Waals surface area contributed by atoms with E-state index in [1.165, 1.54) is 6.07 Å². The Balaban J connectivity index is 2.27. The first-order chi connectivity index (χ1) is 8.97. The summed E-state index contributed by atoms with van der Waals surface area (Å²) in [6, 6.07) is 10.7. The topological polar surface area (TPSA) is 26.0 Å². The Morgan fingerprint density at radius 1 is 1.16 bits per heavy atom. The zero-order valence-electron chi connectivity index (χ0n) is 10.5. The molecule has 0 fully saturated rings. The fraction of sp³-hybridized carbons (Fsp3) is 0.200. The zero-order valence-corrected chi connectivity index (χ0v) is 13.6. The molecule has 0 aliphatic heterocycles. The molecular formula is C15H14Br2FN. The first-order valence-corrected chi connectivity index (χ1v) is 7.51. The number of halogens is 3. The van der Waals surface area contributed by atoms with Gasteiger partial charge in [-0.15, -0.1) is 0 Å². The molecule has 1 unspecified atom stereocenters. The molecule has 2 aromatic rings. The van der Waals surface area contributed by atoms with E-state index in [0.717, 1.165) is 20.1 Å². The van der Waals surface area contributed by atoms with Crippen molar-refractivity contribution >= 4 is 31.9 Å². The van der Waals surface area contributed by atoms with Gasteiger partial charge in [-0.2, -0.15) is 0 Å². The molecule has 0 saturated carbocycles. The van der Waals surface area contributed by atoms with Crippen LogP contribution in [0.15, 0.2) is 45.3 Å². The molecule has 0 amide bonds. The second-order valence-electron chi connectivity index (χ2n) is 4.57. The predicted octanol–water partition coefficient (Wildman–Crippen LogP) is 4.90. The molecule has 0 spiro atoms. The van der Waals surface area contributed by atoms with Crippen molar-refractivity contribution in [3.8, 4) is 0 Å². The van der Waals surface area contributed by atoms with E-state index in [-0.39, 0.29) is 11.9 Å². The van der Waals surface area contributed by atoms with E-state index in [2.05, 4.69) is 31.9 Å². The molecule has 0 aliphatic carbocycles. The van der Waals surface area contributed by atoms with Gasteiger partial charge in [0.1, 0.15) is 5.82 Å². The van der Waals surface area contributed by atoms with Gasteiger partial charge in [-0.1, -0.05) is 49.6 Å². The van der Waals surface area contributed by atoms with E-state index >= 15 is 0 Å². The predicted molar refractivity (Wildman–Crippen MR) is 83.6 cm³/mol. The van der Waals surface area contributed by atoms with Crippen molar-refractivity contribution in [1.29, 1.82) is 0 Å². The van der Waals surface area contributed by atoms with Crippen molar-refractivity contribution in [2.45, 2.75) is 19.4 Å². The van der Waals surface area contributed by atoms with Crippen LogP contribution in [0.3, 0.4) is 0 Å². The highest BCUT2D eigenvalue weighted by Gasteiger charge is 2.13. The fourth-order valence-electron chi connectivity index (χ4n) is 1.99. The fourth-order valence-corrected chi connectivity index (χ4v) is 2.94. The molecule has 0 aromatic heterocycles. The van der Waals surface area contributed by atoms with Crippen molar-refractivity contribution in [3.05, 3.63) is 67.9 Å². The Hall–Kier alpha value is -0.710. The van der Waals surface area contributed by atoms with Gasteiger partial charge >= 0.3 is 0 Å². The van der Waals surface area contributed by atoms with Crippen molar-refractivity contribution in [3.63, 3.8) is 0 Å². The molecule has 0 radical (unpaired) electrons. The lowest BCUT2D eigenvalue weighted by molar-refractivity contribution is 0.592. The molecule has 2 aromatic carbocycles. The van der Waals surface area contributed by atoms with E-state index in [4.69, 9.17) is 5.73 Å². The number of hydrogen-bond acceptors (Lipinski definition) is 1. The molecule has 2 rings (SSSR count). The maximum atomic E-state index is 13.7. The standard InChI is InChI=1S/C15H14Br2FN/c1-9-2-4-13(17)12(6-9)15(19)8-10-7-11(16)3-5-14(10)18/h2-7,15H,8,19H2,1H3. The van der Waals surface area contributed by atoms with Crippen LogP contribution in [-0.2, 0) is 6.42 Å². The largest absolute Gasteiger partial charge is 0.324 e. The van der Waals surface area contributed by atoms with Crippen LogP contribution in [-0.4, -0.2) is 0 Å². The summed E-state index contributed by atoms with van der Waals surface area (Å²) in [5.74, 6) is -0.220. The summed E-state index contributed by atoms with van der Waals surface area (Å²) in [6.07, 6.45) is 0.466. The molecule has 1 nitrogen and oxygen atoms in total. The molecular weight excluding hydrogens is 373 g/mol. The summed E-state index contributed by atoms with van der Waals surface area (Å²) in [5.41, 5.74) is 8.97. The summed E-state index contributed by atoms with van der Waals surface area (Å²) in [6.45, 7) is 2.02. The Bertz CT molecular complexity index is 599. The van der Waals surface area contributed by atoms with Gasteiger partial charge in [0.2, 0.25) is 0 Å². The molecule has 2 N–H and O–H groups in total.